The largest absolute Gasteiger partial charge is 0.355 e. The van der Waals surface area contributed by atoms with E-state index in [0.717, 1.165) is 5.56 Å². The normalized spacial score (nSPS) is 13.8. The molecular weight excluding hydrogens is 335 g/mol. The van der Waals surface area contributed by atoms with Gasteiger partial charge in [0.15, 0.2) is 5.96 Å². The molecule has 0 saturated carbocycles. The third-order valence-corrected chi connectivity index (χ3v) is 4.10. The Morgan fingerprint density at radius 3 is 2.19 bits per heavy atom. The highest BCUT2D eigenvalue weighted by Gasteiger charge is 2.34. The molecule has 2 aromatic rings. The summed E-state index contributed by atoms with van der Waals surface area (Å²) in [5.74, 6) is -0.300. The first-order chi connectivity index (χ1) is 12.6. The zero-order valence-corrected chi connectivity index (χ0v) is 14.3. The summed E-state index contributed by atoms with van der Waals surface area (Å²) < 4.78 is 12.9. The molecule has 0 saturated heterocycles. The van der Waals surface area contributed by atoms with Crippen LogP contribution in [-0.2, 0) is 6.54 Å². The first-order valence-electron chi connectivity index (χ1n) is 8.24. The molecule has 134 valence electrons. The van der Waals surface area contributed by atoms with Crippen molar-refractivity contribution in [2.45, 2.75) is 6.54 Å². The maximum absolute atomic E-state index is 12.9. The van der Waals surface area contributed by atoms with Crippen molar-refractivity contribution < 1.29 is 14.0 Å². The van der Waals surface area contributed by atoms with Gasteiger partial charge in [0.25, 0.3) is 11.8 Å². The number of aliphatic imine (C=N–C) groups is 1. The van der Waals surface area contributed by atoms with Gasteiger partial charge in [-0.05, 0) is 29.8 Å². The highest BCUT2D eigenvalue weighted by atomic mass is 19.1. The number of nitrogens with one attached hydrogen (secondary N) is 2. The topological polar surface area (TPSA) is 73.8 Å². The number of rotatable bonds is 5. The fourth-order valence-corrected chi connectivity index (χ4v) is 2.74. The molecule has 0 atom stereocenters. The second-order valence-corrected chi connectivity index (χ2v) is 5.79. The van der Waals surface area contributed by atoms with E-state index < -0.39 is 0 Å². The van der Waals surface area contributed by atoms with Crippen LogP contribution in [0.15, 0.2) is 53.5 Å². The van der Waals surface area contributed by atoms with Crippen LogP contribution in [0.3, 0.4) is 0 Å². The van der Waals surface area contributed by atoms with Crippen LogP contribution in [0.1, 0.15) is 26.3 Å². The first-order valence-corrected chi connectivity index (χ1v) is 8.24. The van der Waals surface area contributed by atoms with Crippen molar-refractivity contribution >= 4 is 17.8 Å². The quantitative estimate of drug-likeness (QED) is 0.488. The Morgan fingerprint density at radius 1 is 1.00 bits per heavy atom. The van der Waals surface area contributed by atoms with Crippen molar-refractivity contribution in [3.63, 3.8) is 0 Å². The summed E-state index contributed by atoms with van der Waals surface area (Å²) in [6.07, 6.45) is 0. The van der Waals surface area contributed by atoms with E-state index in [1.54, 1.807) is 43.4 Å². The summed E-state index contributed by atoms with van der Waals surface area (Å²) in [6, 6.07) is 13.0. The van der Waals surface area contributed by atoms with Gasteiger partial charge in [-0.25, -0.2) is 4.39 Å². The minimum Gasteiger partial charge on any atom is -0.355 e. The van der Waals surface area contributed by atoms with Crippen LogP contribution in [0.25, 0.3) is 0 Å². The zero-order chi connectivity index (χ0) is 18.5. The monoisotopic (exact) mass is 354 g/mol. The molecule has 0 aliphatic carbocycles. The van der Waals surface area contributed by atoms with Gasteiger partial charge in [-0.1, -0.05) is 24.3 Å². The Balaban J connectivity index is 1.50. The van der Waals surface area contributed by atoms with E-state index in [4.69, 9.17) is 0 Å². The predicted octanol–water partition coefficient (Wildman–Crippen LogP) is 1.79. The third kappa shape index (κ3) is 3.72. The molecule has 0 aromatic heterocycles. The molecule has 2 amide bonds. The maximum atomic E-state index is 12.9. The number of guanidine groups is 1. The average Bonchev–Trinajstić information content (AvgIpc) is 2.91. The minimum absolute atomic E-state index is 0.240. The lowest BCUT2D eigenvalue weighted by molar-refractivity contribution is 0.0657. The van der Waals surface area contributed by atoms with Crippen molar-refractivity contribution in [1.29, 1.82) is 0 Å². The molecule has 0 spiro atoms. The van der Waals surface area contributed by atoms with Gasteiger partial charge >= 0.3 is 0 Å². The van der Waals surface area contributed by atoms with Crippen LogP contribution < -0.4 is 10.6 Å². The van der Waals surface area contributed by atoms with Crippen LogP contribution in [0.5, 0.6) is 0 Å². The van der Waals surface area contributed by atoms with Crippen molar-refractivity contribution in [2.75, 3.05) is 20.1 Å². The van der Waals surface area contributed by atoms with Crippen molar-refractivity contribution in [3.8, 4) is 0 Å². The van der Waals surface area contributed by atoms with E-state index in [1.807, 2.05) is 0 Å². The number of fused-ring (bicyclic) bond motifs is 1. The van der Waals surface area contributed by atoms with Gasteiger partial charge in [-0.15, -0.1) is 0 Å². The van der Waals surface area contributed by atoms with Gasteiger partial charge in [0.2, 0.25) is 0 Å². The SMILES string of the molecule is CN=C(NCCN1C(=O)c2ccccc2C1=O)NCc1ccc(F)cc1. The molecule has 1 heterocycles. The molecule has 7 heteroatoms. The van der Waals surface area contributed by atoms with Crippen LogP contribution in [0, 0.1) is 5.82 Å². The van der Waals surface area contributed by atoms with E-state index in [2.05, 4.69) is 15.6 Å². The summed E-state index contributed by atoms with van der Waals surface area (Å²) in [5.41, 5.74) is 1.79. The summed E-state index contributed by atoms with van der Waals surface area (Å²) >= 11 is 0. The van der Waals surface area contributed by atoms with Crippen molar-refractivity contribution in [1.82, 2.24) is 15.5 Å². The van der Waals surface area contributed by atoms with Gasteiger partial charge in [0.05, 0.1) is 11.1 Å². The Bertz CT molecular complexity index is 814. The van der Waals surface area contributed by atoms with Gasteiger partial charge in [-0.3, -0.25) is 19.5 Å². The maximum Gasteiger partial charge on any atom is 0.261 e. The van der Waals surface area contributed by atoms with Gasteiger partial charge in [0.1, 0.15) is 5.82 Å². The highest BCUT2D eigenvalue weighted by molar-refractivity contribution is 6.21. The van der Waals surface area contributed by atoms with E-state index in [-0.39, 0.29) is 24.2 Å². The van der Waals surface area contributed by atoms with E-state index in [1.165, 1.54) is 17.0 Å². The van der Waals surface area contributed by atoms with Gasteiger partial charge in [-0.2, -0.15) is 0 Å². The molecule has 0 radical (unpaired) electrons. The number of benzene rings is 2. The number of nitrogens with zero attached hydrogens (tertiary/aromatic N) is 2. The molecule has 0 unspecified atom stereocenters. The number of carbonyl (C=O) groups excluding carboxylic acids is 2. The first kappa shape index (κ1) is 17.6. The lowest BCUT2D eigenvalue weighted by Gasteiger charge is -2.16. The molecule has 1 aliphatic rings. The summed E-state index contributed by atoms with van der Waals surface area (Å²) in [6.45, 7) is 1.09. The summed E-state index contributed by atoms with van der Waals surface area (Å²) in [5, 5.41) is 6.16. The van der Waals surface area contributed by atoms with Crippen LogP contribution >= 0.6 is 0 Å². The number of imide groups is 1. The summed E-state index contributed by atoms with van der Waals surface area (Å²) in [4.78, 5) is 29.9. The van der Waals surface area contributed by atoms with E-state index in [9.17, 15) is 14.0 Å². The van der Waals surface area contributed by atoms with Crippen LogP contribution in [0.2, 0.25) is 0 Å². The highest BCUT2D eigenvalue weighted by Crippen LogP contribution is 2.21. The number of halogens is 1. The van der Waals surface area contributed by atoms with Crippen LogP contribution in [0.4, 0.5) is 4.39 Å². The third-order valence-electron chi connectivity index (χ3n) is 4.10. The fourth-order valence-electron chi connectivity index (χ4n) is 2.74. The Hall–Kier alpha value is -3.22. The predicted molar refractivity (Wildman–Crippen MR) is 96.4 cm³/mol. The zero-order valence-electron chi connectivity index (χ0n) is 14.3. The molecule has 0 bridgehead atoms. The molecule has 3 rings (SSSR count). The van der Waals surface area contributed by atoms with Crippen molar-refractivity contribution in [3.05, 3.63) is 71.0 Å². The number of carbonyl (C=O) groups is 2. The van der Waals surface area contributed by atoms with Gasteiger partial charge in [0, 0.05) is 26.7 Å². The van der Waals surface area contributed by atoms with E-state index in [0.29, 0.717) is 30.2 Å². The van der Waals surface area contributed by atoms with Gasteiger partial charge < -0.3 is 10.6 Å². The van der Waals surface area contributed by atoms with Crippen molar-refractivity contribution in [2.24, 2.45) is 4.99 Å². The second kappa shape index (κ2) is 7.77. The molecule has 26 heavy (non-hydrogen) atoms. The lowest BCUT2D eigenvalue weighted by Crippen LogP contribution is -2.42. The Morgan fingerprint density at radius 2 is 1.62 bits per heavy atom. The number of hydrogen-bond donors (Lipinski definition) is 2. The molecule has 1 aliphatic heterocycles. The van der Waals surface area contributed by atoms with Crippen LogP contribution in [-0.4, -0.2) is 42.8 Å². The standard InChI is InChI=1S/C19H19FN4O2/c1-21-19(23-12-13-6-8-14(20)9-7-13)22-10-11-24-17(25)15-4-2-3-5-16(15)18(24)26/h2-9H,10-12H2,1H3,(H2,21,22,23). The number of amides is 2. The number of hydrogen-bond acceptors (Lipinski definition) is 3. The fraction of sp³-hybridized carbons (Fsp3) is 0.211. The van der Waals surface area contributed by atoms with E-state index >= 15 is 0 Å². The molecule has 6 nitrogen and oxygen atoms in total. The molecule has 2 N–H and O–H groups in total. The average molecular weight is 354 g/mol. The Labute approximate surface area is 150 Å². The molecular formula is C19H19FN4O2. The summed E-state index contributed by atoms with van der Waals surface area (Å²) in [7, 11) is 1.63. The molecule has 2 aromatic carbocycles. The lowest BCUT2D eigenvalue weighted by atomic mass is 10.1. The minimum atomic E-state index is -0.280. The smallest absolute Gasteiger partial charge is 0.261 e. The second-order valence-electron chi connectivity index (χ2n) is 5.79. The Kier molecular flexibility index (Phi) is 5.26. The molecule has 0 fully saturated rings.